The van der Waals surface area contributed by atoms with Gasteiger partial charge in [-0.1, -0.05) is 23.7 Å². The maximum absolute atomic E-state index is 12.7. The lowest BCUT2D eigenvalue weighted by molar-refractivity contribution is -0.137. The van der Waals surface area contributed by atoms with Gasteiger partial charge < -0.3 is 5.73 Å². The van der Waals surface area contributed by atoms with Gasteiger partial charge in [0.1, 0.15) is 5.15 Å². The highest BCUT2D eigenvalue weighted by Gasteiger charge is 2.30. The SMILES string of the molecule is NCCCc1cnn(Cc2cccc(C(F)(F)F)c2)c1Cl. The standard InChI is InChI=1S/C14H15ClF3N3/c15-13-11(4-2-6-19)8-20-21(13)9-10-3-1-5-12(7-10)14(16,17)18/h1,3,5,7-8H,2,4,6,9,19H2. The number of nitrogens with two attached hydrogens (primary N) is 1. The van der Waals surface area contributed by atoms with Crippen LogP contribution in [0.2, 0.25) is 5.15 Å². The molecule has 1 heterocycles. The third kappa shape index (κ3) is 3.98. The van der Waals surface area contributed by atoms with Gasteiger partial charge in [0, 0.05) is 5.56 Å². The quantitative estimate of drug-likeness (QED) is 0.917. The Hall–Kier alpha value is -1.53. The monoisotopic (exact) mass is 317 g/mol. The molecule has 0 saturated carbocycles. The van der Waals surface area contributed by atoms with Gasteiger partial charge in [-0.25, -0.2) is 4.68 Å². The van der Waals surface area contributed by atoms with Crippen molar-refractivity contribution in [1.82, 2.24) is 9.78 Å². The van der Waals surface area contributed by atoms with Gasteiger partial charge in [-0.3, -0.25) is 0 Å². The molecule has 7 heteroatoms. The zero-order valence-electron chi connectivity index (χ0n) is 11.2. The van der Waals surface area contributed by atoms with E-state index >= 15 is 0 Å². The fraction of sp³-hybridized carbons (Fsp3) is 0.357. The van der Waals surface area contributed by atoms with Crippen molar-refractivity contribution in [3.05, 3.63) is 52.3 Å². The van der Waals surface area contributed by atoms with E-state index in [9.17, 15) is 13.2 Å². The van der Waals surface area contributed by atoms with Crippen LogP contribution in [0.1, 0.15) is 23.1 Å². The number of halogens is 4. The van der Waals surface area contributed by atoms with Crippen LogP contribution in [-0.2, 0) is 19.1 Å². The Bertz CT molecular complexity index is 608. The lowest BCUT2D eigenvalue weighted by Crippen LogP contribution is -2.07. The number of aryl methyl sites for hydroxylation is 1. The van der Waals surface area contributed by atoms with E-state index in [0.717, 1.165) is 24.1 Å². The van der Waals surface area contributed by atoms with Gasteiger partial charge in [-0.2, -0.15) is 18.3 Å². The topological polar surface area (TPSA) is 43.8 Å². The molecule has 2 aromatic rings. The van der Waals surface area contributed by atoms with Crippen molar-refractivity contribution >= 4 is 11.6 Å². The van der Waals surface area contributed by atoms with E-state index in [0.29, 0.717) is 23.7 Å². The molecule has 0 aliphatic heterocycles. The highest BCUT2D eigenvalue weighted by atomic mass is 35.5. The Labute approximate surface area is 125 Å². The van der Waals surface area contributed by atoms with Crippen LogP contribution in [0.5, 0.6) is 0 Å². The Morgan fingerprint density at radius 3 is 2.71 bits per heavy atom. The number of nitrogens with zero attached hydrogens (tertiary/aromatic N) is 2. The molecule has 2 rings (SSSR count). The summed E-state index contributed by atoms with van der Waals surface area (Å²) in [4.78, 5) is 0. The minimum absolute atomic E-state index is 0.200. The zero-order chi connectivity index (χ0) is 15.5. The molecule has 0 fully saturated rings. The van der Waals surface area contributed by atoms with Crippen LogP contribution in [-0.4, -0.2) is 16.3 Å². The molecule has 3 nitrogen and oxygen atoms in total. The van der Waals surface area contributed by atoms with E-state index in [1.54, 1.807) is 12.3 Å². The van der Waals surface area contributed by atoms with E-state index in [1.807, 2.05) is 0 Å². The number of benzene rings is 1. The summed E-state index contributed by atoms with van der Waals surface area (Å²) in [7, 11) is 0. The first-order valence-electron chi connectivity index (χ1n) is 6.48. The number of alkyl halides is 3. The largest absolute Gasteiger partial charge is 0.416 e. The van der Waals surface area contributed by atoms with Gasteiger partial charge in [-0.15, -0.1) is 0 Å². The Morgan fingerprint density at radius 2 is 2.05 bits per heavy atom. The molecule has 0 radical (unpaired) electrons. The lowest BCUT2D eigenvalue weighted by Gasteiger charge is -2.09. The summed E-state index contributed by atoms with van der Waals surface area (Å²) in [5.41, 5.74) is 6.12. The third-order valence-electron chi connectivity index (χ3n) is 3.08. The van der Waals surface area contributed by atoms with Crippen LogP contribution < -0.4 is 5.73 Å². The molecular formula is C14H15ClF3N3. The molecule has 0 spiro atoms. The summed E-state index contributed by atoms with van der Waals surface area (Å²) >= 11 is 6.18. The second-order valence-electron chi connectivity index (χ2n) is 4.71. The molecule has 21 heavy (non-hydrogen) atoms. The summed E-state index contributed by atoms with van der Waals surface area (Å²) < 4.78 is 39.5. The van der Waals surface area contributed by atoms with Crippen molar-refractivity contribution in [3.63, 3.8) is 0 Å². The molecular weight excluding hydrogens is 303 g/mol. The smallest absolute Gasteiger partial charge is 0.330 e. The van der Waals surface area contributed by atoms with Gasteiger partial charge in [-0.05, 0) is 37.1 Å². The van der Waals surface area contributed by atoms with Crippen LogP contribution in [0.25, 0.3) is 0 Å². The molecule has 114 valence electrons. The Kier molecular flexibility index (Phi) is 4.90. The molecule has 1 aromatic heterocycles. The Balaban J connectivity index is 2.17. The fourth-order valence-electron chi connectivity index (χ4n) is 2.00. The molecule has 2 N–H and O–H groups in total. The fourth-order valence-corrected chi connectivity index (χ4v) is 2.25. The average molecular weight is 318 g/mol. The van der Waals surface area contributed by atoms with Crippen molar-refractivity contribution < 1.29 is 13.2 Å². The second-order valence-corrected chi connectivity index (χ2v) is 5.07. The van der Waals surface area contributed by atoms with E-state index in [-0.39, 0.29) is 6.54 Å². The summed E-state index contributed by atoms with van der Waals surface area (Å²) in [5.74, 6) is 0. The van der Waals surface area contributed by atoms with Gasteiger partial charge in [0.2, 0.25) is 0 Å². The first-order valence-corrected chi connectivity index (χ1v) is 6.86. The van der Waals surface area contributed by atoms with Crippen LogP contribution >= 0.6 is 11.6 Å². The van der Waals surface area contributed by atoms with Crippen molar-refractivity contribution in [2.75, 3.05) is 6.54 Å². The highest BCUT2D eigenvalue weighted by molar-refractivity contribution is 6.30. The summed E-state index contributed by atoms with van der Waals surface area (Å²) in [6, 6.07) is 5.15. The molecule has 0 aliphatic carbocycles. The average Bonchev–Trinajstić information content (AvgIpc) is 2.77. The van der Waals surface area contributed by atoms with Crippen LogP contribution in [0.3, 0.4) is 0 Å². The van der Waals surface area contributed by atoms with Gasteiger partial charge >= 0.3 is 6.18 Å². The third-order valence-corrected chi connectivity index (χ3v) is 3.52. The number of aromatic nitrogens is 2. The van der Waals surface area contributed by atoms with Crippen molar-refractivity contribution in [3.8, 4) is 0 Å². The van der Waals surface area contributed by atoms with E-state index in [2.05, 4.69) is 5.10 Å². The van der Waals surface area contributed by atoms with Crippen molar-refractivity contribution in [2.45, 2.75) is 25.6 Å². The maximum atomic E-state index is 12.7. The van der Waals surface area contributed by atoms with Crippen LogP contribution in [0.4, 0.5) is 13.2 Å². The summed E-state index contributed by atoms with van der Waals surface area (Å²) in [6.45, 7) is 0.751. The van der Waals surface area contributed by atoms with E-state index < -0.39 is 11.7 Å². The maximum Gasteiger partial charge on any atom is 0.416 e. The molecule has 0 unspecified atom stereocenters. The van der Waals surface area contributed by atoms with Crippen LogP contribution in [0.15, 0.2) is 30.5 Å². The summed E-state index contributed by atoms with van der Waals surface area (Å²) in [5, 5.41) is 4.56. The number of hydrogen-bond acceptors (Lipinski definition) is 2. The first kappa shape index (κ1) is 15.9. The van der Waals surface area contributed by atoms with E-state index in [1.165, 1.54) is 10.7 Å². The molecule has 1 aromatic carbocycles. The predicted octanol–water partition coefficient (Wildman–Crippen LogP) is 3.49. The summed E-state index contributed by atoms with van der Waals surface area (Å²) in [6.07, 6.45) is -1.23. The normalized spacial score (nSPS) is 11.9. The minimum atomic E-state index is -4.35. The lowest BCUT2D eigenvalue weighted by atomic mass is 10.1. The second kappa shape index (κ2) is 6.49. The molecule has 0 aliphatic rings. The van der Waals surface area contributed by atoms with Gasteiger partial charge in [0.25, 0.3) is 0 Å². The molecule has 0 atom stereocenters. The van der Waals surface area contributed by atoms with Crippen molar-refractivity contribution in [1.29, 1.82) is 0 Å². The van der Waals surface area contributed by atoms with Crippen LogP contribution in [0, 0.1) is 0 Å². The predicted molar refractivity (Wildman–Crippen MR) is 75.2 cm³/mol. The molecule has 0 amide bonds. The van der Waals surface area contributed by atoms with Gasteiger partial charge in [0.05, 0.1) is 18.3 Å². The number of rotatable bonds is 5. The molecule has 0 saturated heterocycles. The first-order chi connectivity index (χ1) is 9.91. The van der Waals surface area contributed by atoms with Gasteiger partial charge in [0.15, 0.2) is 0 Å². The number of hydrogen-bond donors (Lipinski definition) is 1. The Morgan fingerprint density at radius 1 is 1.29 bits per heavy atom. The zero-order valence-corrected chi connectivity index (χ0v) is 12.0. The highest BCUT2D eigenvalue weighted by Crippen LogP contribution is 2.30. The minimum Gasteiger partial charge on any atom is -0.330 e. The van der Waals surface area contributed by atoms with E-state index in [4.69, 9.17) is 17.3 Å². The van der Waals surface area contributed by atoms with Crippen molar-refractivity contribution in [2.24, 2.45) is 5.73 Å². The molecule has 0 bridgehead atoms.